The summed E-state index contributed by atoms with van der Waals surface area (Å²) in [4.78, 5) is 12.4. The molecule has 4 nitrogen and oxygen atoms in total. The van der Waals surface area contributed by atoms with E-state index in [9.17, 15) is 4.79 Å². The van der Waals surface area contributed by atoms with Crippen molar-refractivity contribution in [3.05, 3.63) is 65.7 Å². The number of halogens is 1. The highest BCUT2D eigenvalue weighted by molar-refractivity contribution is 5.92. The van der Waals surface area contributed by atoms with Gasteiger partial charge < -0.3 is 15.8 Å². The molecule has 5 heteroatoms. The summed E-state index contributed by atoms with van der Waals surface area (Å²) in [6, 6.07) is 16.9. The highest BCUT2D eigenvalue weighted by Crippen LogP contribution is 2.21. The Hall–Kier alpha value is -1.88. The van der Waals surface area contributed by atoms with E-state index in [4.69, 9.17) is 10.5 Å². The third-order valence-electron chi connectivity index (χ3n) is 3.64. The largest absolute Gasteiger partial charge is 0.380 e. The van der Waals surface area contributed by atoms with Crippen LogP contribution < -0.4 is 11.1 Å². The topological polar surface area (TPSA) is 64.3 Å². The van der Waals surface area contributed by atoms with Crippen molar-refractivity contribution in [2.24, 2.45) is 11.7 Å². The molecule has 0 aliphatic heterocycles. The van der Waals surface area contributed by atoms with Crippen molar-refractivity contribution in [3.63, 3.8) is 0 Å². The molecular formula is C18H23ClN2O2. The maximum absolute atomic E-state index is 12.4. The van der Waals surface area contributed by atoms with Crippen molar-refractivity contribution in [3.8, 4) is 0 Å². The van der Waals surface area contributed by atoms with Gasteiger partial charge in [-0.2, -0.15) is 0 Å². The summed E-state index contributed by atoms with van der Waals surface area (Å²) in [6.45, 7) is 2.36. The molecule has 3 N–H and O–H groups in total. The summed E-state index contributed by atoms with van der Waals surface area (Å²) in [6.07, 6.45) is 0. The van der Waals surface area contributed by atoms with Gasteiger partial charge in [-0.3, -0.25) is 4.79 Å². The molecule has 2 aromatic carbocycles. The summed E-state index contributed by atoms with van der Waals surface area (Å²) in [7, 11) is 1.65. The van der Waals surface area contributed by atoms with Gasteiger partial charge >= 0.3 is 0 Å². The monoisotopic (exact) mass is 334 g/mol. The van der Waals surface area contributed by atoms with Gasteiger partial charge in [0.25, 0.3) is 0 Å². The number of carbonyl (C=O) groups is 1. The Balaban J connectivity index is 0.00000264. The van der Waals surface area contributed by atoms with E-state index in [1.165, 1.54) is 0 Å². The number of carbonyl (C=O) groups excluding carboxylic acids is 1. The molecule has 23 heavy (non-hydrogen) atoms. The van der Waals surface area contributed by atoms with Gasteiger partial charge in [-0.1, -0.05) is 49.4 Å². The third-order valence-corrected chi connectivity index (χ3v) is 3.64. The van der Waals surface area contributed by atoms with Gasteiger partial charge in [0.1, 0.15) is 0 Å². The van der Waals surface area contributed by atoms with E-state index >= 15 is 0 Å². The Labute approximate surface area is 143 Å². The number of nitrogens with one attached hydrogen (secondary N) is 1. The first-order valence-electron chi connectivity index (χ1n) is 7.31. The quantitative estimate of drug-likeness (QED) is 0.849. The normalized spacial score (nSPS) is 12.8. The molecule has 2 unspecified atom stereocenters. The number of nitrogens with two attached hydrogens (primary N) is 1. The fraction of sp³-hybridized carbons (Fsp3) is 0.278. The summed E-state index contributed by atoms with van der Waals surface area (Å²) in [5.41, 5.74) is 8.92. The lowest BCUT2D eigenvalue weighted by atomic mass is 9.94. The molecule has 0 bridgehead atoms. The molecule has 2 aromatic rings. The second-order valence-electron chi connectivity index (χ2n) is 5.35. The minimum absolute atomic E-state index is 0. The van der Waals surface area contributed by atoms with Crippen LogP contribution in [0.15, 0.2) is 54.6 Å². The maximum atomic E-state index is 12.4. The molecule has 0 fully saturated rings. The van der Waals surface area contributed by atoms with Gasteiger partial charge in [-0.15, -0.1) is 12.4 Å². The van der Waals surface area contributed by atoms with E-state index in [1.54, 1.807) is 7.11 Å². The van der Waals surface area contributed by atoms with Crippen LogP contribution in [0.3, 0.4) is 0 Å². The smallest absolute Gasteiger partial charge is 0.229 e. The van der Waals surface area contributed by atoms with Crippen LogP contribution in [0.5, 0.6) is 0 Å². The number of rotatable bonds is 6. The first-order valence-corrected chi connectivity index (χ1v) is 7.31. The SMILES string of the molecule is COCc1cccc(NC(=O)C(C)C(N)c2ccccc2)c1.Cl. The molecule has 2 rings (SSSR count). The van der Waals surface area contributed by atoms with Crippen LogP contribution in [-0.2, 0) is 16.1 Å². The highest BCUT2D eigenvalue weighted by Gasteiger charge is 2.22. The van der Waals surface area contributed by atoms with Crippen LogP contribution in [0.25, 0.3) is 0 Å². The molecule has 0 radical (unpaired) electrons. The summed E-state index contributed by atoms with van der Waals surface area (Å²) in [5.74, 6) is -0.417. The number of amides is 1. The number of anilines is 1. The molecule has 0 saturated heterocycles. The zero-order valence-corrected chi connectivity index (χ0v) is 14.2. The lowest BCUT2D eigenvalue weighted by Crippen LogP contribution is -2.30. The first kappa shape index (κ1) is 19.2. The van der Waals surface area contributed by atoms with Gasteiger partial charge in [-0.05, 0) is 23.3 Å². The summed E-state index contributed by atoms with van der Waals surface area (Å²) in [5, 5.41) is 2.92. The number of ether oxygens (including phenoxy) is 1. The van der Waals surface area contributed by atoms with Crippen molar-refractivity contribution in [1.29, 1.82) is 0 Å². The predicted molar refractivity (Wildman–Crippen MR) is 95.6 cm³/mol. The lowest BCUT2D eigenvalue weighted by Gasteiger charge is -2.20. The van der Waals surface area contributed by atoms with Crippen LogP contribution in [0, 0.1) is 5.92 Å². The minimum atomic E-state index is -0.330. The van der Waals surface area contributed by atoms with Gasteiger partial charge in [0.15, 0.2) is 0 Å². The van der Waals surface area contributed by atoms with Gasteiger partial charge in [0.05, 0.1) is 12.5 Å². The first-order chi connectivity index (χ1) is 10.6. The van der Waals surface area contributed by atoms with E-state index in [0.717, 1.165) is 16.8 Å². The number of methoxy groups -OCH3 is 1. The Bertz CT molecular complexity index is 619. The van der Waals surface area contributed by atoms with E-state index < -0.39 is 0 Å². The second-order valence-corrected chi connectivity index (χ2v) is 5.35. The van der Waals surface area contributed by atoms with Crippen molar-refractivity contribution in [2.45, 2.75) is 19.6 Å². The molecule has 0 saturated carbocycles. The average Bonchev–Trinajstić information content (AvgIpc) is 2.55. The zero-order valence-electron chi connectivity index (χ0n) is 13.4. The van der Waals surface area contributed by atoms with E-state index in [0.29, 0.717) is 6.61 Å². The second kappa shape index (κ2) is 9.30. The average molecular weight is 335 g/mol. The Kier molecular flexibility index (Phi) is 7.75. The molecular weight excluding hydrogens is 312 g/mol. The summed E-state index contributed by atoms with van der Waals surface area (Å²) < 4.78 is 5.10. The standard InChI is InChI=1S/C18H22N2O2.ClH/c1-13(17(19)15-8-4-3-5-9-15)18(21)20-16-10-6-7-14(11-16)12-22-2;/h3-11,13,17H,12,19H2,1-2H3,(H,20,21);1H. The van der Waals surface area contributed by atoms with E-state index in [1.807, 2.05) is 61.5 Å². The number of hydrogen-bond acceptors (Lipinski definition) is 3. The van der Waals surface area contributed by atoms with E-state index in [-0.39, 0.29) is 30.3 Å². The van der Waals surface area contributed by atoms with Crippen LogP contribution >= 0.6 is 12.4 Å². The van der Waals surface area contributed by atoms with Gasteiger partial charge in [0, 0.05) is 18.8 Å². The summed E-state index contributed by atoms with van der Waals surface area (Å²) >= 11 is 0. The third kappa shape index (κ3) is 5.36. The molecule has 2 atom stereocenters. The van der Waals surface area contributed by atoms with Gasteiger partial charge in [-0.25, -0.2) is 0 Å². The number of benzene rings is 2. The Morgan fingerprint density at radius 2 is 1.87 bits per heavy atom. The molecule has 0 aliphatic carbocycles. The minimum Gasteiger partial charge on any atom is -0.380 e. The zero-order chi connectivity index (χ0) is 15.9. The molecule has 0 spiro atoms. The Morgan fingerprint density at radius 1 is 1.17 bits per heavy atom. The highest BCUT2D eigenvalue weighted by atomic mass is 35.5. The maximum Gasteiger partial charge on any atom is 0.229 e. The van der Waals surface area contributed by atoms with Crippen LogP contribution in [0.4, 0.5) is 5.69 Å². The number of hydrogen-bond donors (Lipinski definition) is 2. The van der Waals surface area contributed by atoms with Crippen molar-refractivity contribution < 1.29 is 9.53 Å². The van der Waals surface area contributed by atoms with Crippen molar-refractivity contribution in [2.75, 3.05) is 12.4 Å². The molecule has 124 valence electrons. The lowest BCUT2D eigenvalue weighted by molar-refractivity contribution is -0.120. The molecule has 0 aromatic heterocycles. The fourth-order valence-electron chi connectivity index (χ4n) is 2.29. The molecule has 1 amide bonds. The van der Waals surface area contributed by atoms with Crippen LogP contribution in [-0.4, -0.2) is 13.0 Å². The van der Waals surface area contributed by atoms with Crippen molar-refractivity contribution >= 4 is 24.0 Å². The predicted octanol–water partition coefficient (Wildman–Crippen LogP) is 3.53. The van der Waals surface area contributed by atoms with Crippen LogP contribution in [0.2, 0.25) is 0 Å². The van der Waals surface area contributed by atoms with E-state index in [2.05, 4.69) is 5.32 Å². The van der Waals surface area contributed by atoms with Crippen molar-refractivity contribution in [1.82, 2.24) is 0 Å². The van der Waals surface area contributed by atoms with Gasteiger partial charge in [0.2, 0.25) is 5.91 Å². The molecule has 0 aliphatic rings. The fourth-order valence-corrected chi connectivity index (χ4v) is 2.29. The van der Waals surface area contributed by atoms with Crippen LogP contribution in [0.1, 0.15) is 24.1 Å². The molecule has 0 heterocycles. The Morgan fingerprint density at radius 3 is 2.52 bits per heavy atom.